The minimum absolute atomic E-state index is 0.0586. The van der Waals surface area contributed by atoms with Crippen molar-refractivity contribution in [1.29, 1.82) is 0 Å². The molecule has 4 aromatic rings. The van der Waals surface area contributed by atoms with Crippen molar-refractivity contribution in [3.8, 4) is 11.5 Å². The number of hydrogen-bond donors (Lipinski definition) is 0. The van der Waals surface area contributed by atoms with Gasteiger partial charge in [0.1, 0.15) is 24.7 Å². The number of aromatic nitrogens is 2. The Kier molecular flexibility index (Phi) is 5.91. The second kappa shape index (κ2) is 8.92. The van der Waals surface area contributed by atoms with Crippen molar-refractivity contribution in [2.75, 3.05) is 6.61 Å². The number of carbonyl (C=O) groups excluding carboxylic acids is 1. The third kappa shape index (κ3) is 4.66. The lowest BCUT2D eigenvalue weighted by molar-refractivity contribution is -0.109. The fraction of sp³-hybridized carbons (Fsp3) is 0.130. The van der Waals surface area contributed by atoms with Gasteiger partial charge in [0, 0.05) is 10.0 Å². The molecule has 6 heteroatoms. The SMILES string of the molecule is O=CCOc1ccc(COc2ccccc2Cn2cnc3cc(Br)ccc32)cc1. The topological polar surface area (TPSA) is 53.4 Å². The highest BCUT2D eigenvalue weighted by Gasteiger charge is 2.08. The summed E-state index contributed by atoms with van der Waals surface area (Å²) in [5, 5.41) is 0. The molecule has 0 unspecified atom stereocenters. The lowest BCUT2D eigenvalue weighted by atomic mass is 10.2. The van der Waals surface area contributed by atoms with Gasteiger partial charge < -0.3 is 14.0 Å². The summed E-state index contributed by atoms with van der Waals surface area (Å²) in [7, 11) is 0. The molecule has 3 aromatic carbocycles. The Morgan fingerprint density at radius 2 is 1.83 bits per heavy atom. The molecule has 0 aliphatic heterocycles. The molecule has 0 amide bonds. The molecule has 0 fully saturated rings. The number of para-hydroxylation sites is 1. The van der Waals surface area contributed by atoms with E-state index < -0.39 is 0 Å². The molecule has 0 bridgehead atoms. The fourth-order valence-corrected chi connectivity index (χ4v) is 3.44. The number of fused-ring (bicyclic) bond motifs is 1. The maximum Gasteiger partial charge on any atom is 0.157 e. The number of aldehydes is 1. The molecule has 1 aromatic heterocycles. The van der Waals surface area contributed by atoms with Gasteiger partial charge in [0.05, 0.1) is 23.9 Å². The van der Waals surface area contributed by atoms with Gasteiger partial charge in [-0.2, -0.15) is 0 Å². The Labute approximate surface area is 177 Å². The molecule has 29 heavy (non-hydrogen) atoms. The molecule has 146 valence electrons. The molecule has 4 rings (SSSR count). The van der Waals surface area contributed by atoms with Crippen molar-refractivity contribution in [3.63, 3.8) is 0 Å². The van der Waals surface area contributed by atoms with Crippen molar-refractivity contribution >= 4 is 33.2 Å². The first kappa shape index (κ1) is 19.2. The van der Waals surface area contributed by atoms with E-state index in [2.05, 4.69) is 37.6 Å². The van der Waals surface area contributed by atoms with Gasteiger partial charge in [-0.1, -0.05) is 46.3 Å². The zero-order valence-corrected chi connectivity index (χ0v) is 17.2. The van der Waals surface area contributed by atoms with Crippen LogP contribution in [0, 0.1) is 0 Å². The highest BCUT2D eigenvalue weighted by atomic mass is 79.9. The quantitative estimate of drug-likeness (QED) is 0.354. The molecular formula is C23H19BrN2O3. The van der Waals surface area contributed by atoms with Gasteiger partial charge in [-0.3, -0.25) is 4.79 Å². The predicted octanol–water partition coefficient (Wildman–Crippen LogP) is 5.00. The van der Waals surface area contributed by atoms with Crippen molar-refractivity contribution in [2.45, 2.75) is 13.2 Å². The van der Waals surface area contributed by atoms with Crippen LogP contribution < -0.4 is 9.47 Å². The third-order valence-electron chi connectivity index (χ3n) is 4.53. The Morgan fingerprint density at radius 1 is 1.00 bits per heavy atom. The summed E-state index contributed by atoms with van der Waals surface area (Å²) in [6.07, 6.45) is 2.59. The van der Waals surface area contributed by atoms with Gasteiger partial charge in [-0.15, -0.1) is 0 Å². The van der Waals surface area contributed by atoms with Crippen LogP contribution in [0.5, 0.6) is 11.5 Å². The van der Waals surface area contributed by atoms with Crippen LogP contribution in [0.25, 0.3) is 11.0 Å². The minimum atomic E-state index is 0.0586. The highest BCUT2D eigenvalue weighted by molar-refractivity contribution is 9.10. The van der Waals surface area contributed by atoms with Crippen molar-refractivity contribution in [1.82, 2.24) is 9.55 Å². The first-order chi connectivity index (χ1) is 14.2. The lowest BCUT2D eigenvalue weighted by Gasteiger charge is -2.13. The first-order valence-electron chi connectivity index (χ1n) is 9.19. The van der Waals surface area contributed by atoms with Crippen LogP contribution in [0.4, 0.5) is 0 Å². The van der Waals surface area contributed by atoms with Crippen LogP contribution in [0.15, 0.2) is 77.5 Å². The van der Waals surface area contributed by atoms with E-state index in [9.17, 15) is 4.79 Å². The maximum absolute atomic E-state index is 10.4. The molecule has 0 saturated carbocycles. The van der Waals surface area contributed by atoms with E-state index in [1.165, 1.54) is 0 Å². The van der Waals surface area contributed by atoms with E-state index in [-0.39, 0.29) is 6.61 Å². The minimum Gasteiger partial charge on any atom is -0.489 e. The largest absolute Gasteiger partial charge is 0.489 e. The van der Waals surface area contributed by atoms with Gasteiger partial charge >= 0.3 is 0 Å². The summed E-state index contributed by atoms with van der Waals surface area (Å²) in [4.78, 5) is 14.9. The van der Waals surface area contributed by atoms with Crippen LogP contribution in [0.1, 0.15) is 11.1 Å². The average Bonchev–Trinajstić information content (AvgIpc) is 3.14. The Morgan fingerprint density at radius 3 is 2.66 bits per heavy atom. The summed E-state index contributed by atoms with van der Waals surface area (Å²) in [5.74, 6) is 1.51. The van der Waals surface area contributed by atoms with E-state index in [0.717, 1.165) is 38.7 Å². The van der Waals surface area contributed by atoms with Crippen molar-refractivity contribution in [3.05, 3.63) is 88.7 Å². The molecule has 5 nitrogen and oxygen atoms in total. The molecule has 0 aliphatic carbocycles. The Balaban J connectivity index is 1.47. The standard InChI is InChI=1S/C23H19BrN2O3/c24-19-7-10-22-21(13-19)25-16-26(22)14-18-3-1-2-4-23(18)29-15-17-5-8-20(9-6-17)28-12-11-27/h1-11,13,16H,12,14-15H2. The predicted molar refractivity (Wildman–Crippen MR) is 115 cm³/mol. The fourth-order valence-electron chi connectivity index (χ4n) is 3.09. The zero-order chi connectivity index (χ0) is 20.1. The number of halogens is 1. The van der Waals surface area contributed by atoms with Gasteiger partial charge in [-0.05, 0) is 42.0 Å². The second-order valence-electron chi connectivity index (χ2n) is 6.52. The second-order valence-corrected chi connectivity index (χ2v) is 7.44. The molecule has 0 N–H and O–H groups in total. The number of benzene rings is 3. The number of nitrogens with zero attached hydrogens (tertiary/aromatic N) is 2. The van der Waals surface area contributed by atoms with E-state index >= 15 is 0 Å². The van der Waals surface area contributed by atoms with Gasteiger partial charge in [-0.25, -0.2) is 4.98 Å². The summed E-state index contributed by atoms with van der Waals surface area (Å²) >= 11 is 3.49. The lowest BCUT2D eigenvalue weighted by Crippen LogP contribution is -2.03. The highest BCUT2D eigenvalue weighted by Crippen LogP contribution is 2.24. The number of rotatable bonds is 8. The normalized spacial score (nSPS) is 10.8. The molecule has 0 radical (unpaired) electrons. The van der Waals surface area contributed by atoms with E-state index in [1.807, 2.05) is 60.9 Å². The summed E-state index contributed by atoms with van der Waals surface area (Å²) < 4.78 is 14.5. The zero-order valence-electron chi connectivity index (χ0n) is 15.6. The number of imidazole rings is 1. The average molecular weight is 451 g/mol. The van der Waals surface area contributed by atoms with Crippen molar-refractivity contribution in [2.24, 2.45) is 0 Å². The molecule has 1 heterocycles. The number of carbonyl (C=O) groups is 1. The molecule has 0 atom stereocenters. The monoisotopic (exact) mass is 450 g/mol. The number of hydrogen-bond acceptors (Lipinski definition) is 4. The van der Waals surface area contributed by atoms with E-state index in [0.29, 0.717) is 18.9 Å². The smallest absolute Gasteiger partial charge is 0.157 e. The van der Waals surface area contributed by atoms with Crippen molar-refractivity contribution < 1.29 is 14.3 Å². The third-order valence-corrected chi connectivity index (χ3v) is 5.03. The van der Waals surface area contributed by atoms with Gasteiger partial charge in [0.15, 0.2) is 6.29 Å². The van der Waals surface area contributed by atoms with Crippen LogP contribution in [-0.2, 0) is 17.9 Å². The molecular weight excluding hydrogens is 432 g/mol. The molecule has 0 saturated heterocycles. The Bertz CT molecular complexity index is 1120. The summed E-state index contributed by atoms with van der Waals surface area (Å²) in [5.41, 5.74) is 4.14. The van der Waals surface area contributed by atoms with Crippen LogP contribution in [0.3, 0.4) is 0 Å². The van der Waals surface area contributed by atoms with E-state index in [1.54, 1.807) is 0 Å². The van der Waals surface area contributed by atoms with Gasteiger partial charge in [0.2, 0.25) is 0 Å². The Hall–Kier alpha value is -3.12. The molecule has 0 spiro atoms. The first-order valence-corrected chi connectivity index (χ1v) is 9.99. The van der Waals surface area contributed by atoms with Crippen LogP contribution in [0.2, 0.25) is 0 Å². The number of ether oxygens (including phenoxy) is 2. The van der Waals surface area contributed by atoms with Gasteiger partial charge in [0.25, 0.3) is 0 Å². The van der Waals surface area contributed by atoms with E-state index in [4.69, 9.17) is 9.47 Å². The molecule has 0 aliphatic rings. The summed E-state index contributed by atoms with van der Waals surface area (Å²) in [6.45, 7) is 1.18. The van der Waals surface area contributed by atoms with Crippen LogP contribution in [-0.4, -0.2) is 22.4 Å². The maximum atomic E-state index is 10.4. The van der Waals surface area contributed by atoms with Crippen LogP contribution >= 0.6 is 15.9 Å². The summed E-state index contributed by atoms with van der Waals surface area (Å²) in [6, 6.07) is 21.7.